The molecule has 4 heteroatoms. The van der Waals surface area contributed by atoms with Gasteiger partial charge in [-0.05, 0) is 36.6 Å². The van der Waals surface area contributed by atoms with Crippen molar-refractivity contribution < 1.29 is 4.74 Å². The van der Waals surface area contributed by atoms with E-state index >= 15 is 0 Å². The van der Waals surface area contributed by atoms with Gasteiger partial charge in [-0.3, -0.25) is 4.90 Å². The standard InChI is InChI=1S/C23H25N3O/c1-16-17(2)22(27-3)10-9-19(16)14-26-12-11-21-20(15-26)13-24-23(25-21)18-7-5-4-6-8-18/h4-10,13H,11-12,14-15H2,1-3H3. The molecule has 0 unspecified atom stereocenters. The molecule has 4 nitrogen and oxygen atoms in total. The molecule has 1 aromatic heterocycles. The summed E-state index contributed by atoms with van der Waals surface area (Å²) in [7, 11) is 1.73. The second-order valence-electron chi connectivity index (χ2n) is 7.17. The molecule has 0 radical (unpaired) electrons. The molecule has 0 fully saturated rings. The molecule has 4 rings (SSSR count). The topological polar surface area (TPSA) is 38.2 Å². The van der Waals surface area contributed by atoms with E-state index in [9.17, 15) is 0 Å². The van der Waals surface area contributed by atoms with Gasteiger partial charge in [-0.1, -0.05) is 36.4 Å². The first kappa shape index (κ1) is 17.7. The smallest absolute Gasteiger partial charge is 0.159 e. The molecule has 0 aliphatic carbocycles. The summed E-state index contributed by atoms with van der Waals surface area (Å²) in [5.41, 5.74) is 7.40. The largest absolute Gasteiger partial charge is 0.496 e. The van der Waals surface area contributed by atoms with Gasteiger partial charge in [0.25, 0.3) is 0 Å². The average Bonchev–Trinajstić information content (AvgIpc) is 2.72. The monoisotopic (exact) mass is 359 g/mol. The summed E-state index contributed by atoms with van der Waals surface area (Å²) in [4.78, 5) is 11.9. The number of fused-ring (bicyclic) bond motifs is 1. The highest BCUT2D eigenvalue weighted by atomic mass is 16.5. The predicted octanol–water partition coefficient (Wildman–Crippen LogP) is 4.33. The molecule has 1 aliphatic rings. The molecule has 138 valence electrons. The molecule has 0 N–H and O–H groups in total. The molecule has 0 atom stereocenters. The first-order valence-corrected chi connectivity index (χ1v) is 9.41. The van der Waals surface area contributed by atoms with Gasteiger partial charge in [-0.15, -0.1) is 0 Å². The number of ether oxygens (including phenoxy) is 1. The minimum absolute atomic E-state index is 0.824. The third kappa shape index (κ3) is 3.58. The van der Waals surface area contributed by atoms with Crippen LogP contribution in [0.3, 0.4) is 0 Å². The Kier molecular flexibility index (Phi) is 4.90. The number of aromatic nitrogens is 2. The molecule has 0 amide bonds. The molecular formula is C23H25N3O. The lowest BCUT2D eigenvalue weighted by atomic mass is 10.0. The number of benzene rings is 2. The molecule has 0 saturated heterocycles. The zero-order valence-corrected chi connectivity index (χ0v) is 16.2. The number of methoxy groups -OCH3 is 1. The Morgan fingerprint density at radius 1 is 1.04 bits per heavy atom. The maximum absolute atomic E-state index is 5.43. The summed E-state index contributed by atoms with van der Waals surface area (Å²) in [6.45, 7) is 7.16. The molecule has 0 bridgehead atoms. The van der Waals surface area contributed by atoms with Crippen molar-refractivity contribution >= 4 is 0 Å². The predicted molar refractivity (Wildman–Crippen MR) is 108 cm³/mol. The molecule has 27 heavy (non-hydrogen) atoms. The normalized spacial score (nSPS) is 14.0. The highest BCUT2D eigenvalue weighted by Gasteiger charge is 2.20. The van der Waals surface area contributed by atoms with Crippen LogP contribution in [0.4, 0.5) is 0 Å². The number of rotatable bonds is 4. The van der Waals surface area contributed by atoms with Crippen LogP contribution in [0.15, 0.2) is 48.7 Å². The van der Waals surface area contributed by atoms with Crippen LogP contribution < -0.4 is 4.74 Å². The third-order valence-electron chi connectivity index (χ3n) is 5.51. The quantitative estimate of drug-likeness (QED) is 0.695. The lowest BCUT2D eigenvalue weighted by Crippen LogP contribution is -2.31. The Hall–Kier alpha value is -2.72. The van der Waals surface area contributed by atoms with E-state index in [0.717, 1.165) is 43.2 Å². The van der Waals surface area contributed by atoms with Crippen LogP contribution in [0.25, 0.3) is 11.4 Å². The number of hydrogen-bond acceptors (Lipinski definition) is 4. The van der Waals surface area contributed by atoms with Crippen molar-refractivity contribution in [3.05, 3.63) is 76.6 Å². The van der Waals surface area contributed by atoms with Gasteiger partial charge in [0.1, 0.15) is 5.75 Å². The Morgan fingerprint density at radius 2 is 1.85 bits per heavy atom. The van der Waals surface area contributed by atoms with Gasteiger partial charge < -0.3 is 4.74 Å². The molecule has 0 spiro atoms. The SMILES string of the molecule is COc1ccc(CN2CCc3nc(-c4ccccc4)ncc3C2)c(C)c1C. The Bertz CT molecular complexity index is 953. The second-order valence-corrected chi connectivity index (χ2v) is 7.17. The second kappa shape index (κ2) is 7.49. The molecule has 2 heterocycles. The summed E-state index contributed by atoms with van der Waals surface area (Å²) in [5, 5.41) is 0. The molecule has 3 aromatic rings. The van der Waals surface area contributed by atoms with Crippen LogP contribution in [-0.2, 0) is 19.5 Å². The lowest BCUT2D eigenvalue weighted by Gasteiger charge is -2.29. The zero-order valence-electron chi connectivity index (χ0n) is 16.2. The summed E-state index contributed by atoms with van der Waals surface area (Å²) in [5.74, 6) is 1.78. The zero-order chi connectivity index (χ0) is 18.8. The summed E-state index contributed by atoms with van der Waals surface area (Å²) < 4.78 is 5.43. The van der Waals surface area contributed by atoms with Gasteiger partial charge in [0.05, 0.1) is 12.8 Å². The Morgan fingerprint density at radius 3 is 2.63 bits per heavy atom. The molecule has 0 saturated carbocycles. The molecule has 1 aliphatic heterocycles. The van der Waals surface area contributed by atoms with Crippen molar-refractivity contribution in [1.29, 1.82) is 0 Å². The minimum atomic E-state index is 0.824. The summed E-state index contributed by atoms with van der Waals surface area (Å²) >= 11 is 0. The summed E-state index contributed by atoms with van der Waals surface area (Å²) in [6, 6.07) is 14.5. The van der Waals surface area contributed by atoms with E-state index in [1.165, 1.54) is 27.9 Å². The molecular weight excluding hydrogens is 334 g/mol. The van der Waals surface area contributed by atoms with Crippen LogP contribution in [-0.4, -0.2) is 28.5 Å². The first-order chi connectivity index (χ1) is 13.2. The van der Waals surface area contributed by atoms with Gasteiger partial charge in [0.15, 0.2) is 5.82 Å². The average molecular weight is 359 g/mol. The van der Waals surface area contributed by atoms with Crippen molar-refractivity contribution in [2.24, 2.45) is 0 Å². The van der Waals surface area contributed by atoms with Gasteiger partial charge >= 0.3 is 0 Å². The van der Waals surface area contributed by atoms with E-state index in [4.69, 9.17) is 9.72 Å². The van der Waals surface area contributed by atoms with Crippen LogP contribution in [0.5, 0.6) is 5.75 Å². The number of nitrogens with zero attached hydrogens (tertiary/aromatic N) is 3. The van der Waals surface area contributed by atoms with E-state index in [1.807, 2.05) is 24.4 Å². The fraction of sp³-hybridized carbons (Fsp3) is 0.304. The van der Waals surface area contributed by atoms with Crippen molar-refractivity contribution in [2.45, 2.75) is 33.4 Å². The van der Waals surface area contributed by atoms with Crippen LogP contribution in [0.2, 0.25) is 0 Å². The van der Waals surface area contributed by atoms with E-state index in [-0.39, 0.29) is 0 Å². The van der Waals surface area contributed by atoms with Gasteiger partial charge in [-0.2, -0.15) is 0 Å². The van der Waals surface area contributed by atoms with Crippen molar-refractivity contribution in [1.82, 2.24) is 14.9 Å². The molecule has 2 aromatic carbocycles. The van der Waals surface area contributed by atoms with E-state index in [2.05, 4.69) is 48.0 Å². The fourth-order valence-corrected chi connectivity index (χ4v) is 3.72. The summed E-state index contributed by atoms with van der Waals surface area (Å²) in [6.07, 6.45) is 2.97. The highest BCUT2D eigenvalue weighted by molar-refractivity contribution is 5.54. The number of hydrogen-bond donors (Lipinski definition) is 0. The maximum Gasteiger partial charge on any atom is 0.159 e. The van der Waals surface area contributed by atoms with Crippen LogP contribution in [0, 0.1) is 13.8 Å². The van der Waals surface area contributed by atoms with Crippen molar-refractivity contribution in [3.8, 4) is 17.1 Å². The van der Waals surface area contributed by atoms with Crippen LogP contribution >= 0.6 is 0 Å². The highest BCUT2D eigenvalue weighted by Crippen LogP contribution is 2.27. The van der Waals surface area contributed by atoms with E-state index in [1.54, 1.807) is 7.11 Å². The Balaban J connectivity index is 1.52. The van der Waals surface area contributed by atoms with Crippen LogP contribution in [0.1, 0.15) is 27.9 Å². The minimum Gasteiger partial charge on any atom is -0.496 e. The maximum atomic E-state index is 5.43. The fourth-order valence-electron chi connectivity index (χ4n) is 3.72. The van der Waals surface area contributed by atoms with Gasteiger partial charge in [-0.25, -0.2) is 9.97 Å². The van der Waals surface area contributed by atoms with E-state index < -0.39 is 0 Å². The van der Waals surface area contributed by atoms with Gasteiger partial charge in [0.2, 0.25) is 0 Å². The lowest BCUT2D eigenvalue weighted by molar-refractivity contribution is 0.242. The first-order valence-electron chi connectivity index (χ1n) is 9.41. The van der Waals surface area contributed by atoms with Crippen molar-refractivity contribution in [3.63, 3.8) is 0 Å². The van der Waals surface area contributed by atoms with E-state index in [0.29, 0.717) is 0 Å². The third-order valence-corrected chi connectivity index (χ3v) is 5.51. The van der Waals surface area contributed by atoms with Crippen molar-refractivity contribution in [2.75, 3.05) is 13.7 Å². The van der Waals surface area contributed by atoms with Gasteiger partial charge in [0, 0.05) is 43.4 Å². The Labute approximate surface area is 160 Å².